The average molecular weight is 315 g/mol. The van der Waals surface area contributed by atoms with Crippen LogP contribution in [0.2, 0.25) is 8.67 Å². The molecule has 0 aliphatic carbocycles. The molecule has 2 rings (SSSR count). The standard InChI is InChI=1S/C12H2Cl2F2N2S/c13-10-2-6(12(14)19-10)5-1-9(15)7(3-17)8(4-18)11(5)16/h1-2H. The first-order valence-electron chi connectivity index (χ1n) is 4.77. The summed E-state index contributed by atoms with van der Waals surface area (Å²) in [6.45, 7) is 0. The molecule has 2 nitrogen and oxygen atoms in total. The second-order valence-electron chi connectivity index (χ2n) is 3.43. The van der Waals surface area contributed by atoms with Crippen LogP contribution in [0.25, 0.3) is 11.1 Å². The van der Waals surface area contributed by atoms with Gasteiger partial charge in [-0.2, -0.15) is 10.5 Å². The summed E-state index contributed by atoms with van der Waals surface area (Å²) in [5.74, 6) is -1.97. The molecule has 0 radical (unpaired) electrons. The van der Waals surface area contributed by atoms with Crippen molar-refractivity contribution in [3.8, 4) is 23.3 Å². The summed E-state index contributed by atoms with van der Waals surface area (Å²) in [5.41, 5.74) is -1.27. The lowest BCUT2D eigenvalue weighted by molar-refractivity contribution is 0.596. The lowest BCUT2D eigenvalue weighted by Crippen LogP contribution is -1.98. The van der Waals surface area contributed by atoms with Crippen LogP contribution in [0.1, 0.15) is 11.1 Å². The first kappa shape index (κ1) is 13.8. The lowest BCUT2D eigenvalue weighted by Gasteiger charge is -2.06. The van der Waals surface area contributed by atoms with Crippen molar-refractivity contribution in [2.75, 3.05) is 0 Å². The average Bonchev–Trinajstić information content (AvgIpc) is 2.70. The van der Waals surface area contributed by atoms with E-state index in [4.69, 9.17) is 33.7 Å². The van der Waals surface area contributed by atoms with Gasteiger partial charge in [-0.15, -0.1) is 11.3 Å². The van der Waals surface area contributed by atoms with E-state index in [1.54, 1.807) is 0 Å². The van der Waals surface area contributed by atoms with Gasteiger partial charge in [0, 0.05) is 11.1 Å². The molecule has 19 heavy (non-hydrogen) atoms. The minimum Gasteiger partial charge on any atom is -0.205 e. The SMILES string of the molecule is N#Cc1c(F)cc(-c2cc(Cl)sc2Cl)c(F)c1C#N. The predicted molar refractivity (Wildman–Crippen MR) is 69.1 cm³/mol. The Morgan fingerprint density at radius 2 is 1.63 bits per heavy atom. The van der Waals surface area contributed by atoms with Crippen molar-refractivity contribution < 1.29 is 8.78 Å². The number of thiophene rings is 1. The van der Waals surface area contributed by atoms with Crippen molar-refractivity contribution in [1.82, 2.24) is 0 Å². The van der Waals surface area contributed by atoms with Gasteiger partial charge < -0.3 is 0 Å². The number of halogens is 4. The van der Waals surface area contributed by atoms with Crippen molar-refractivity contribution in [3.05, 3.63) is 43.6 Å². The summed E-state index contributed by atoms with van der Waals surface area (Å²) in [6, 6.07) is 5.15. The zero-order valence-electron chi connectivity index (χ0n) is 8.97. The highest BCUT2D eigenvalue weighted by molar-refractivity contribution is 7.20. The Labute approximate surface area is 121 Å². The summed E-state index contributed by atoms with van der Waals surface area (Å²) in [6.07, 6.45) is 0. The van der Waals surface area contributed by atoms with Crippen LogP contribution in [0.5, 0.6) is 0 Å². The molecule has 0 saturated carbocycles. The highest BCUT2D eigenvalue weighted by atomic mass is 35.5. The fourth-order valence-corrected chi connectivity index (χ4v) is 3.05. The van der Waals surface area contributed by atoms with Gasteiger partial charge in [0.1, 0.15) is 39.2 Å². The number of hydrogen-bond acceptors (Lipinski definition) is 3. The van der Waals surface area contributed by atoms with Crippen LogP contribution in [-0.4, -0.2) is 0 Å². The molecule has 0 unspecified atom stereocenters. The summed E-state index contributed by atoms with van der Waals surface area (Å²) >= 11 is 12.6. The molecule has 0 saturated heterocycles. The van der Waals surface area contributed by atoms with Gasteiger partial charge in [-0.25, -0.2) is 8.78 Å². The number of nitrogens with zero attached hydrogens (tertiary/aromatic N) is 2. The Morgan fingerprint density at radius 3 is 2.11 bits per heavy atom. The Bertz CT molecular complexity index is 757. The van der Waals surface area contributed by atoms with Crippen LogP contribution in [0, 0.1) is 34.3 Å². The van der Waals surface area contributed by atoms with Crippen LogP contribution in [0.3, 0.4) is 0 Å². The van der Waals surface area contributed by atoms with E-state index in [1.165, 1.54) is 18.2 Å². The molecular formula is C12H2Cl2F2N2S. The third-order valence-corrected chi connectivity index (χ3v) is 3.87. The number of benzene rings is 1. The number of rotatable bonds is 1. The summed E-state index contributed by atoms with van der Waals surface area (Å²) in [5, 5.41) is 17.6. The van der Waals surface area contributed by atoms with Crippen molar-refractivity contribution in [1.29, 1.82) is 10.5 Å². The highest BCUT2D eigenvalue weighted by Gasteiger charge is 2.21. The van der Waals surface area contributed by atoms with Gasteiger partial charge in [-0.1, -0.05) is 23.2 Å². The quantitative estimate of drug-likeness (QED) is 0.763. The van der Waals surface area contributed by atoms with E-state index < -0.39 is 22.8 Å². The largest absolute Gasteiger partial charge is 0.205 e. The maximum atomic E-state index is 14.1. The van der Waals surface area contributed by atoms with Crippen LogP contribution in [0.15, 0.2) is 12.1 Å². The fraction of sp³-hybridized carbons (Fsp3) is 0. The van der Waals surface area contributed by atoms with Crippen molar-refractivity contribution >= 4 is 34.5 Å². The molecule has 0 aliphatic rings. The molecule has 0 fully saturated rings. The monoisotopic (exact) mass is 314 g/mol. The summed E-state index contributed by atoms with van der Waals surface area (Å²) in [7, 11) is 0. The van der Waals surface area contributed by atoms with Gasteiger partial charge in [0.05, 0.1) is 4.34 Å². The van der Waals surface area contributed by atoms with Crippen LogP contribution >= 0.6 is 34.5 Å². The first-order valence-corrected chi connectivity index (χ1v) is 6.34. The molecule has 0 N–H and O–H groups in total. The Kier molecular flexibility index (Phi) is 3.73. The molecule has 1 aromatic carbocycles. The minimum atomic E-state index is -0.989. The van der Waals surface area contributed by atoms with Gasteiger partial charge in [0.2, 0.25) is 0 Å². The molecule has 0 bridgehead atoms. The fourth-order valence-electron chi connectivity index (χ4n) is 1.56. The molecule has 0 atom stereocenters. The molecule has 0 amide bonds. The van der Waals surface area contributed by atoms with E-state index in [0.717, 1.165) is 17.4 Å². The number of hydrogen-bond donors (Lipinski definition) is 0. The molecule has 7 heteroatoms. The normalized spacial score (nSPS) is 10.0. The van der Waals surface area contributed by atoms with Gasteiger partial charge in [0.15, 0.2) is 0 Å². The molecule has 1 heterocycles. The second-order valence-corrected chi connectivity index (χ2v) is 5.72. The van der Waals surface area contributed by atoms with E-state index in [0.29, 0.717) is 4.34 Å². The zero-order chi connectivity index (χ0) is 14.2. The van der Waals surface area contributed by atoms with E-state index in [1.807, 2.05) is 0 Å². The van der Waals surface area contributed by atoms with Gasteiger partial charge in [-0.05, 0) is 12.1 Å². The summed E-state index contributed by atoms with van der Waals surface area (Å²) in [4.78, 5) is 0. The molecule has 0 aliphatic heterocycles. The molecule has 2 aromatic rings. The Morgan fingerprint density at radius 1 is 1.00 bits per heavy atom. The van der Waals surface area contributed by atoms with Gasteiger partial charge >= 0.3 is 0 Å². The lowest BCUT2D eigenvalue weighted by atomic mass is 10.0. The van der Waals surface area contributed by atoms with E-state index >= 15 is 0 Å². The summed E-state index contributed by atoms with van der Waals surface area (Å²) < 4.78 is 28.3. The highest BCUT2D eigenvalue weighted by Crippen LogP contribution is 2.40. The molecule has 94 valence electrons. The van der Waals surface area contributed by atoms with Gasteiger partial charge in [-0.3, -0.25) is 0 Å². The molecule has 1 aromatic heterocycles. The Hall–Kier alpha value is -1.66. The first-order chi connectivity index (χ1) is 8.99. The van der Waals surface area contributed by atoms with Gasteiger partial charge in [0.25, 0.3) is 0 Å². The van der Waals surface area contributed by atoms with E-state index in [9.17, 15) is 8.78 Å². The van der Waals surface area contributed by atoms with E-state index in [-0.39, 0.29) is 15.5 Å². The topological polar surface area (TPSA) is 47.6 Å². The van der Waals surface area contributed by atoms with Crippen molar-refractivity contribution in [2.24, 2.45) is 0 Å². The zero-order valence-corrected chi connectivity index (χ0v) is 11.3. The maximum absolute atomic E-state index is 14.1. The minimum absolute atomic E-state index is 0.178. The Balaban J connectivity index is 2.81. The molecular weight excluding hydrogens is 313 g/mol. The predicted octanol–water partition coefficient (Wildman–Crippen LogP) is 4.74. The third kappa shape index (κ3) is 2.29. The van der Waals surface area contributed by atoms with Crippen molar-refractivity contribution in [2.45, 2.75) is 0 Å². The number of nitriles is 2. The maximum Gasteiger partial charge on any atom is 0.150 e. The van der Waals surface area contributed by atoms with Crippen LogP contribution in [-0.2, 0) is 0 Å². The smallest absolute Gasteiger partial charge is 0.150 e. The second kappa shape index (κ2) is 5.14. The van der Waals surface area contributed by atoms with Crippen LogP contribution in [0.4, 0.5) is 8.78 Å². The molecule has 0 spiro atoms. The van der Waals surface area contributed by atoms with Crippen LogP contribution < -0.4 is 0 Å². The third-order valence-electron chi connectivity index (χ3n) is 2.39. The van der Waals surface area contributed by atoms with E-state index in [2.05, 4.69) is 0 Å². The van der Waals surface area contributed by atoms with Crippen molar-refractivity contribution in [3.63, 3.8) is 0 Å².